The van der Waals surface area contributed by atoms with Gasteiger partial charge in [0.05, 0.1) is 10.5 Å². The van der Waals surface area contributed by atoms with Gasteiger partial charge in [0.25, 0.3) is 5.69 Å². The first-order valence-electron chi connectivity index (χ1n) is 8.69. The van der Waals surface area contributed by atoms with Crippen molar-refractivity contribution in [2.24, 2.45) is 0 Å². The number of halogens is 1. The Morgan fingerprint density at radius 3 is 2.62 bits per heavy atom. The molecule has 0 saturated carbocycles. The van der Waals surface area contributed by atoms with Crippen LogP contribution in [0, 0.1) is 10.1 Å². The van der Waals surface area contributed by atoms with E-state index < -0.39 is 4.92 Å². The van der Waals surface area contributed by atoms with Gasteiger partial charge in [-0.25, -0.2) is 0 Å². The lowest BCUT2D eigenvalue weighted by Gasteiger charge is -2.07. The fourth-order valence-electron chi connectivity index (χ4n) is 2.88. The zero-order chi connectivity index (χ0) is 20.4. The molecule has 1 aliphatic heterocycles. The number of nitro groups is 1. The van der Waals surface area contributed by atoms with Crippen molar-refractivity contribution in [2.45, 2.75) is 6.61 Å². The zero-order valence-electron chi connectivity index (χ0n) is 15.0. The number of ether oxygens (including phenoxy) is 2. The molecule has 0 spiro atoms. The molecule has 0 atom stereocenters. The molecule has 0 aromatic heterocycles. The molecule has 0 N–H and O–H groups in total. The molecule has 6 nitrogen and oxygen atoms in total. The van der Waals surface area contributed by atoms with E-state index in [-0.39, 0.29) is 17.2 Å². The summed E-state index contributed by atoms with van der Waals surface area (Å²) in [6.45, 7) is 0.385. The van der Waals surface area contributed by atoms with Crippen LogP contribution in [0.4, 0.5) is 5.69 Å². The molecule has 0 bridgehead atoms. The van der Waals surface area contributed by atoms with Crippen molar-refractivity contribution in [1.29, 1.82) is 0 Å². The average molecular weight is 452 g/mol. The SMILES string of the molecule is O=C1/C(=C\c2cccc([N+](=O)[O-])c2)Oc2cc(OCc3ccc(Br)cc3)ccc21. The number of nitrogens with zero attached hydrogens (tertiary/aromatic N) is 1. The highest BCUT2D eigenvalue weighted by molar-refractivity contribution is 9.10. The molecule has 0 unspecified atom stereocenters. The van der Waals surface area contributed by atoms with E-state index in [4.69, 9.17) is 9.47 Å². The Morgan fingerprint density at radius 1 is 1.07 bits per heavy atom. The Morgan fingerprint density at radius 2 is 1.86 bits per heavy atom. The second kappa shape index (κ2) is 7.89. The Balaban J connectivity index is 1.51. The van der Waals surface area contributed by atoms with Crippen LogP contribution in [0.5, 0.6) is 11.5 Å². The number of non-ortho nitro benzene ring substituents is 1. The van der Waals surface area contributed by atoms with E-state index in [9.17, 15) is 14.9 Å². The maximum atomic E-state index is 12.6. The van der Waals surface area contributed by atoms with E-state index in [1.165, 1.54) is 18.2 Å². The van der Waals surface area contributed by atoms with E-state index in [2.05, 4.69) is 15.9 Å². The second-order valence-corrected chi connectivity index (χ2v) is 7.28. The summed E-state index contributed by atoms with van der Waals surface area (Å²) in [4.78, 5) is 23.0. The Hall–Kier alpha value is -3.45. The molecular formula is C22H14BrNO5. The first kappa shape index (κ1) is 18.9. The van der Waals surface area contributed by atoms with Crippen LogP contribution in [0.2, 0.25) is 0 Å². The van der Waals surface area contributed by atoms with Crippen LogP contribution < -0.4 is 9.47 Å². The monoisotopic (exact) mass is 451 g/mol. The largest absolute Gasteiger partial charge is 0.489 e. The van der Waals surface area contributed by atoms with Gasteiger partial charge < -0.3 is 9.47 Å². The Kier molecular flexibility index (Phi) is 5.14. The maximum Gasteiger partial charge on any atom is 0.270 e. The van der Waals surface area contributed by atoms with Crippen LogP contribution in [0.1, 0.15) is 21.5 Å². The molecule has 4 rings (SSSR count). The van der Waals surface area contributed by atoms with Gasteiger partial charge in [0, 0.05) is 22.7 Å². The van der Waals surface area contributed by atoms with Gasteiger partial charge >= 0.3 is 0 Å². The molecule has 1 aliphatic rings. The smallest absolute Gasteiger partial charge is 0.270 e. The molecule has 0 amide bonds. The standard InChI is InChI=1S/C22H14BrNO5/c23-16-6-4-14(5-7-16)13-28-18-8-9-19-20(12-18)29-21(22(19)25)11-15-2-1-3-17(10-15)24(26)27/h1-12H,13H2/b21-11+. The molecule has 0 aliphatic carbocycles. The van der Waals surface area contributed by atoms with E-state index in [1.54, 1.807) is 30.3 Å². The molecular weight excluding hydrogens is 438 g/mol. The summed E-state index contributed by atoms with van der Waals surface area (Å²) in [5, 5.41) is 10.9. The van der Waals surface area contributed by atoms with Crippen molar-refractivity contribution in [3.8, 4) is 11.5 Å². The van der Waals surface area contributed by atoms with Crippen molar-refractivity contribution in [2.75, 3.05) is 0 Å². The minimum absolute atomic E-state index is 0.0501. The Labute approximate surface area is 174 Å². The predicted octanol–water partition coefficient (Wildman–Crippen LogP) is 5.55. The second-order valence-electron chi connectivity index (χ2n) is 6.36. The van der Waals surface area contributed by atoms with Crippen LogP contribution in [0.25, 0.3) is 6.08 Å². The predicted molar refractivity (Wildman–Crippen MR) is 111 cm³/mol. The number of hydrogen-bond donors (Lipinski definition) is 0. The highest BCUT2D eigenvalue weighted by atomic mass is 79.9. The number of carbonyl (C=O) groups excluding carboxylic acids is 1. The number of fused-ring (bicyclic) bond motifs is 1. The highest BCUT2D eigenvalue weighted by Gasteiger charge is 2.27. The summed E-state index contributed by atoms with van der Waals surface area (Å²) in [6, 6.07) is 18.8. The number of nitro benzene ring substituents is 1. The number of allylic oxidation sites excluding steroid dienone is 1. The van der Waals surface area contributed by atoms with Crippen molar-refractivity contribution >= 4 is 33.5 Å². The van der Waals surface area contributed by atoms with Crippen LogP contribution in [0.3, 0.4) is 0 Å². The third-order valence-corrected chi connectivity index (χ3v) is 4.87. The van der Waals surface area contributed by atoms with Gasteiger partial charge in [-0.1, -0.05) is 40.2 Å². The maximum absolute atomic E-state index is 12.6. The molecule has 7 heteroatoms. The van der Waals surface area contributed by atoms with Crippen LogP contribution in [-0.2, 0) is 6.61 Å². The summed E-state index contributed by atoms with van der Waals surface area (Å²) in [7, 11) is 0. The molecule has 3 aromatic carbocycles. The van der Waals surface area contributed by atoms with Crippen molar-refractivity contribution < 1.29 is 19.2 Å². The molecule has 1 heterocycles. The summed E-state index contributed by atoms with van der Waals surface area (Å²) in [6.07, 6.45) is 1.50. The van der Waals surface area contributed by atoms with Gasteiger partial charge in [-0.15, -0.1) is 0 Å². The van der Waals surface area contributed by atoms with Gasteiger partial charge in [-0.3, -0.25) is 14.9 Å². The molecule has 29 heavy (non-hydrogen) atoms. The van der Waals surface area contributed by atoms with Gasteiger partial charge in [0.15, 0.2) is 5.76 Å². The molecule has 0 fully saturated rings. The average Bonchev–Trinajstić information content (AvgIpc) is 3.02. The quantitative estimate of drug-likeness (QED) is 0.288. The number of ketones is 1. The van der Waals surface area contributed by atoms with Gasteiger partial charge in [0.2, 0.25) is 5.78 Å². The van der Waals surface area contributed by atoms with E-state index in [1.807, 2.05) is 24.3 Å². The third-order valence-electron chi connectivity index (χ3n) is 4.34. The van der Waals surface area contributed by atoms with E-state index in [0.29, 0.717) is 29.2 Å². The normalized spacial score (nSPS) is 13.8. The third kappa shape index (κ3) is 4.20. The summed E-state index contributed by atoms with van der Waals surface area (Å²) in [5.74, 6) is 0.826. The number of carbonyl (C=O) groups is 1. The van der Waals surface area contributed by atoms with Crippen LogP contribution in [0.15, 0.2) is 77.0 Å². The molecule has 3 aromatic rings. The summed E-state index contributed by atoms with van der Waals surface area (Å²) >= 11 is 3.39. The minimum atomic E-state index is -0.483. The van der Waals surface area contributed by atoms with Crippen LogP contribution >= 0.6 is 15.9 Å². The molecule has 0 saturated heterocycles. The Bertz CT molecular complexity index is 1140. The summed E-state index contributed by atoms with van der Waals surface area (Å²) < 4.78 is 12.5. The lowest BCUT2D eigenvalue weighted by molar-refractivity contribution is -0.384. The van der Waals surface area contributed by atoms with Gasteiger partial charge in [-0.2, -0.15) is 0 Å². The van der Waals surface area contributed by atoms with Gasteiger partial charge in [0.1, 0.15) is 18.1 Å². The van der Waals surface area contributed by atoms with E-state index in [0.717, 1.165) is 10.0 Å². The van der Waals surface area contributed by atoms with Crippen molar-refractivity contribution in [3.05, 3.63) is 104 Å². The van der Waals surface area contributed by atoms with Crippen molar-refractivity contribution in [1.82, 2.24) is 0 Å². The fourth-order valence-corrected chi connectivity index (χ4v) is 3.15. The lowest BCUT2D eigenvalue weighted by atomic mass is 10.1. The van der Waals surface area contributed by atoms with E-state index >= 15 is 0 Å². The van der Waals surface area contributed by atoms with Crippen molar-refractivity contribution in [3.63, 3.8) is 0 Å². The first-order chi connectivity index (χ1) is 14.0. The zero-order valence-corrected chi connectivity index (χ0v) is 16.6. The molecule has 144 valence electrons. The first-order valence-corrected chi connectivity index (χ1v) is 9.49. The van der Waals surface area contributed by atoms with Gasteiger partial charge in [-0.05, 0) is 41.5 Å². The number of hydrogen-bond acceptors (Lipinski definition) is 5. The highest BCUT2D eigenvalue weighted by Crippen LogP contribution is 2.35. The number of benzene rings is 3. The molecule has 0 radical (unpaired) electrons. The van der Waals surface area contributed by atoms with Crippen LogP contribution in [-0.4, -0.2) is 10.7 Å². The lowest BCUT2D eigenvalue weighted by Crippen LogP contribution is -1.98. The summed E-state index contributed by atoms with van der Waals surface area (Å²) in [5.41, 5.74) is 1.91. The number of rotatable bonds is 5. The number of Topliss-reactive ketones (excluding diaryl/α,β-unsaturated/α-hetero) is 1. The fraction of sp³-hybridized carbons (Fsp3) is 0.0455. The minimum Gasteiger partial charge on any atom is -0.489 e. The topological polar surface area (TPSA) is 78.7 Å².